The van der Waals surface area contributed by atoms with Crippen LogP contribution in [-0.4, -0.2) is 28.3 Å². The molecule has 2 N–H and O–H groups in total. The average molecular weight is 252 g/mol. The molecule has 0 aliphatic rings. The highest BCUT2D eigenvalue weighted by molar-refractivity contribution is 6.18. The Bertz CT molecular complexity index is 440. The first-order valence-corrected chi connectivity index (χ1v) is 5.29. The van der Waals surface area contributed by atoms with Crippen molar-refractivity contribution in [2.45, 2.75) is 0 Å². The first-order chi connectivity index (χ1) is 8.27. The Labute approximate surface area is 103 Å². The normalized spacial score (nSPS) is 10.5. The molecule has 0 aromatic carbocycles. The molecule has 0 bridgehead atoms. The summed E-state index contributed by atoms with van der Waals surface area (Å²) in [5.74, 6) is 0.113. The quantitative estimate of drug-likeness (QED) is 0.456. The van der Waals surface area contributed by atoms with E-state index in [9.17, 15) is 4.79 Å². The molecule has 1 heterocycles. The molecule has 0 radical (unpaired) electrons. The second-order valence-electron chi connectivity index (χ2n) is 2.83. The number of hydrogen-bond acceptors (Lipinski definition) is 5. The number of amides is 1. The number of nitrogens with zero attached hydrogens (tertiary/aromatic N) is 3. The van der Waals surface area contributed by atoms with Gasteiger partial charge >= 0.3 is 0 Å². The molecule has 1 aromatic heterocycles. The molecule has 0 spiro atoms. The van der Waals surface area contributed by atoms with Gasteiger partial charge in [-0.1, -0.05) is 0 Å². The summed E-state index contributed by atoms with van der Waals surface area (Å²) in [5.41, 5.74) is -0.0671. The van der Waals surface area contributed by atoms with Gasteiger partial charge in [-0.3, -0.25) is 4.79 Å². The number of halogens is 1. The zero-order valence-electron chi connectivity index (χ0n) is 8.85. The first-order valence-electron chi connectivity index (χ1n) is 4.76. The highest BCUT2D eigenvalue weighted by atomic mass is 35.5. The lowest BCUT2D eigenvalue weighted by molar-refractivity contribution is -0.117. The standard InChI is InChI=1S/C10H10ClN5O/c11-2-5-13-9(17)8(6-12)7-16-10-14-3-1-4-15-10/h1,3-4,7H,2,5H2,(H,13,17)(H,14,15,16)/b8-7-. The Morgan fingerprint density at radius 1 is 1.53 bits per heavy atom. The summed E-state index contributed by atoms with van der Waals surface area (Å²) in [7, 11) is 0. The first kappa shape index (κ1) is 12.9. The van der Waals surface area contributed by atoms with E-state index < -0.39 is 5.91 Å². The summed E-state index contributed by atoms with van der Waals surface area (Å²) in [4.78, 5) is 19.2. The number of anilines is 1. The number of alkyl halides is 1. The number of hydrogen-bond donors (Lipinski definition) is 2. The predicted molar refractivity (Wildman–Crippen MR) is 63.1 cm³/mol. The zero-order chi connectivity index (χ0) is 12.5. The fraction of sp³-hybridized carbons (Fsp3) is 0.200. The minimum atomic E-state index is -0.489. The summed E-state index contributed by atoms with van der Waals surface area (Å²) >= 11 is 5.41. The maximum atomic E-state index is 11.4. The summed E-state index contributed by atoms with van der Waals surface area (Å²) in [6, 6.07) is 3.43. The molecule has 1 amide bonds. The number of carbonyl (C=O) groups excluding carboxylic acids is 1. The van der Waals surface area contributed by atoms with Gasteiger partial charge in [0.15, 0.2) is 0 Å². The zero-order valence-corrected chi connectivity index (χ0v) is 9.61. The fourth-order valence-corrected chi connectivity index (χ4v) is 1.01. The molecule has 0 unspecified atom stereocenters. The molecule has 6 nitrogen and oxygen atoms in total. The monoisotopic (exact) mass is 251 g/mol. The predicted octanol–water partition coefficient (Wildman–Crippen LogP) is 0.651. The lowest BCUT2D eigenvalue weighted by Gasteiger charge is -2.01. The van der Waals surface area contributed by atoms with Crippen molar-refractivity contribution in [3.63, 3.8) is 0 Å². The van der Waals surface area contributed by atoms with E-state index in [4.69, 9.17) is 16.9 Å². The Morgan fingerprint density at radius 3 is 2.82 bits per heavy atom. The van der Waals surface area contributed by atoms with Crippen LogP contribution in [0.25, 0.3) is 0 Å². The highest BCUT2D eigenvalue weighted by Crippen LogP contribution is 1.97. The van der Waals surface area contributed by atoms with Gasteiger partial charge in [-0.05, 0) is 6.07 Å². The van der Waals surface area contributed by atoms with Crippen molar-refractivity contribution in [1.29, 1.82) is 5.26 Å². The van der Waals surface area contributed by atoms with Crippen molar-refractivity contribution in [3.8, 4) is 6.07 Å². The van der Waals surface area contributed by atoms with Crippen LogP contribution in [0.15, 0.2) is 30.2 Å². The van der Waals surface area contributed by atoms with E-state index in [1.807, 2.05) is 0 Å². The average Bonchev–Trinajstić information content (AvgIpc) is 2.38. The summed E-state index contributed by atoms with van der Waals surface area (Å²) in [5, 5.41) is 13.9. The smallest absolute Gasteiger partial charge is 0.263 e. The Kier molecular flexibility index (Phi) is 5.47. The maximum absolute atomic E-state index is 11.4. The lowest BCUT2D eigenvalue weighted by Crippen LogP contribution is -2.26. The summed E-state index contributed by atoms with van der Waals surface area (Å²) < 4.78 is 0. The van der Waals surface area contributed by atoms with Gasteiger partial charge in [0.05, 0.1) is 0 Å². The molecule has 17 heavy (non-hydrogen) atoms. The minimum Gasteiger partial charge on any atom is -0.350 e. The van der Waals surface area contributed by atoms with Crippen LogP contribution in [0.5, 0.6) is 0 Å². The van der Waals surface area contributed by atoms with Gasteiger partial charge in [-0.25, -0.2) is 9.97 Å². The Balaban J connectivity index is 2.62. The van der Waals surface area contributed by atoms with Crippen LogP contribution in [0.4, 0.5) is 5.95 Å². The van der Waals surface area contributed by atoms with Gasteiger partial charge in [0.25, 0.3) is 5.91 Å². The van der Waals surface area contributed by atoms with Crippen LogP contribution in [0.3, 0.4) is 0 Å². The number of rotatable bonds is 5. The van der Waals surface area contributed by atoms with Crippen molar-refractivity contribution in [1.82, 2.24) is 15.3 Å². The Hall–Kier alpha value is -2.13. The van der Waals surface area contributed by atoms with E-state index >= 15 is 0 Å². The van der Waals surface area contributed by atoms with Gasteiger partial charge in [-0.15, -0.1) is 11.6 Å². The molecule has 7 heteroatoms. The highest BCUT2D eigenvalue weighted by Gasteiger charge is 2.07. The second-order valence-corrected chi connectivity index (χ2v) is 3.21. The molecule has 0 aliphatic heterocycles. The van der Waals surface area contributed by atoms with Crippen molar-refractivity contribution >= 4 is 23.5 Å². The molecule has 0 saturated heterocycles. The molecule has 1 rings (SSSR count). The van der Waals surface area contributed by atoms with E-state index in [2.05, 4.69) is 20.6 Å². The number of aromatic nitrogens is 2. The molecule has 1 aromatic rings. The maximum Gasteiger partial charge on any atom is 0.263 e. The molecule has 0 aliphatic carbocycles. The third-order valence-electron chi connectivity index (χ3n) is 1.66. The molecule has 0 saturated carbocycles. The van der Waals surface area contributed by atoms with Crippen LogP contribution in [0.2, 0.25) is 0 Å². The summed E-state index contributed by atoms with van der Waals surface area (Å²) in [6.07, 6.45) is 4.34. The van der Waals surface area contributed by atoms with E-state index in [1.54, 1.807) is 24.5 Å². The van der Waals surface area contributed by atoms with E-state index in [0.717, 1.165) is 0 Å². The number of carbonyl (C=O) groups is 1. The second kappa shape index (κ2) is 7.19. The third-order valence-corrected chi connectivity index (χ3v) is 1.85. The van der Waals surface area contributed by atoms with Gasteiger partial charge in [-0.2, -0.15) is 5.26 Å². The minimum absolute atomic E-state index is 0.0671. The van der Waals surface area contributed by atoms with E-state index in [-0.39, 0.29) is 5.57 Å². The SMILES string of the molecule is N#C/C(=C/Nc1ncccn1)C(=O)NCCCl. The van der Waals surface area contributed by atoms with E-state index in [1.165, 1.54) is 6.20 Å². The van der Waals surface area contributed by atoms with Gasteiger partial charge in [0.2, 0.25) is 5.95 Å². The van der Waals surface area contributed by atoms with Crippen LogP contribution in [0.1, 0.15) is 0 Å². The third kappa shape index (κ3) is 4.49. The molecular formula is C10H10ClN5O. The van der Waals surface area contributed by atoms with Crippen LogP contribution >= 0.6 is 11.6 Å². The van der Waals surface area contributed by atoms with Crippen LogP contribution in [0, 0.1) is 11.3 Å². The van der Waals surface area contributed by atoms with Crippen molar-refractivity contribution in [2.75, 3.05) is 17.7 Å². The molecular weight excluding hydrogens is 242 g/mol. The molecule has 0 atom stereocenters. The van der Waals surface area contributed by atoms with Gasteiger partial charge in [0.1, 0.15) is 11.6 Å². The summed E-state index contributed by atoms with van der Waals surface area (Å²) in [6.45, 7) is 0.307. The van der Waals surface area contributed by atoms with E-state index in [0.29, 0.717) is 18.4 Å². The van der Waals surface area contributed by atoms with Crippen molar-refractivity contribution in [2.24, 2.45) is 0 Å². The Morgan fingerprint density at radius 2 is 2.24 bits per heavy atom. The van der Waals surface area contributed by atoms with Gasteiger partial charge in [0, 0.05) is 31.0 Å². The van der Waals surface area contributed by atoms with Crippen LogP contribution in [-0.2, 0) is 4.79 Å². The van der Waals surface area contributed by atoms with Crippen LogP contribution < -0.4 is 10.6 Å². The number of nitriles is 1. The van der Waals surface area contributed by atoms with Gasteiger partial charge < -0.3 is 10.6 Å². The van der Waals surface area contributed by atoms with Crippen molar-refractivity contribution < 1.29 is 4.79 Å². The molecule has 0 fully saturated rings. The fourth-order valence-electron chi connectivity index (χ4n) is 0.915. The topological polar surface area (TPSA) is 90.7 Å². The largest absolute Gasteiger partial charge is 0.350 e. The molecule has 88 valence electrons. The lowest BCUT2D eigenvalue weighted by atomic mass is 10.3. The number of nitrogens with one attached hydrogen (secondary N) is 2. The van der Waals surface area contributed by atoms with Crippen molar-refractivity contribution in [3.05, 3.63) is 30.2 Å².